The van der Waals surface area contributed by atoms with Crippen LogP contribution in [0.5, 0.6) is 0 Å². The highest BCUT2D eigenvalue weighted by atomic mass is 32.1. The van der Waals surface area contributed by atoms with Gasteiger partial charge in [-0.2, -0.15) is 11.3 Å². The second-order valence-electron chi connectivity index (χ2n) is 6.10. The zero-order valence-corrected chi connectivity index (χ0v) is 12.5. The number of hydrogen-bond acceptors (Lipinski definition) is 1. The molecule has 1 heteroatoms. The maximum absolute atomic E-state index is 2.50. The number of rotatable bonds is 1. The van der Waals surface area contributed by atoms with E-state index < -0.39 is 0 Å². The third-order valence-corrected chi connectivity index (χ3v) is 5.70. The van der Waals surface area contributed by atoms with Crippen LogP contribution in [-0.4, -0.2) is 0 Å². The number of thiophene rings is 1. The van der Waals surface area contributed by atoms with Gasteiger partial charge in [0, 0.05) is 5.92 Å². The van der Waals surface area contributed by atoms with Crippen LogP contribution in [0.15, 0.2) is 46.7 Å². The molecule has 0 radical (unpaired) electrons. The predicted molar refractivity (Wildman–Crippen MR) is 87.2 cm³/mol. The highest BCUT2D eigenvalue weighted by Gasteiger charge is 2.33. The van der Waals surface area contributed by atoms with Gasteiger partial charge in [0.25, 0.3) is 0 Å². The summed E-state index contributed by atoms with van der Waals surface area (Å²) in [5, 5.41) is 4.71. The molecule has 1 saturated carbocycles. The van der Waals surface area contributed by atoms with Crippen molar-refractivity contribution in [1.82, 2.24) is 0 Å². The van der Waals surface area contributed by atoms with Gasteiger partial charge in [-0.15, -0.1) is 0 Å². The third-order valence-electron chi connectivity index (χ3n) is 4.92. The molecule has 1 aromatic carbocycles. The van der Waals surface area contributed by atoms with Gasteiger partial charge in [-0.3, -0.25) is 0 Å². The molecular weight excluding hydrogens is 260 g/mol. The molecular formula is C19H20S. The summed E-state index contributed by atoms with van der Waals surface area (Å²) in [6.07, 6.45) is 9.35. The lowest BCUT2D eigenvalue weighted by Crippen LogP contribution is -2.19. The summed E-state index contributed by atoms with van der Waals surface area (Å²) in [5.41, 5.74) is 6.26. The van der Waals surface area contributed by atoms with Crippen molar-refractivity contribution < 1.29 is 0 Å². The summed E-state index contributed by atoms with van der Waals surface area (Å²) >= 11 is 1.86. The molecule has 102 valence electrons. The van der Waals surface area contributed by atoms with E-state index in [0.29, 0.717) is 5.92 Å². The van der Waals surface area contributed by atoms with Crippen molar-refractivity contribution in [2.24, 2.45) is 5.92 Å². The van der Waals surface area contributed by atoms with Crippen molar-refractivity contribution >= 4 is 17.4 Å². The van der Waals surface area contributed by atoms with Crippen molar-refractivity contribution in [3.05, 3.63) is 63.4 Å². The first-order valence-electron chi connectivity index (χ1n) is 7.75. The summed E-state index contributed by atoms with van der Waals surface area (Å²) in [5.74, 6) is 1.33. The van der Waals surface area contributed by atoms with Crippen molar-refractivity contribution in [3.63, 3.8) is 0 Å². The molecule has 0 N–H and O–H groups in total. The minimum absolute atomic E-state index is 0.593. The minimum atomic E-state index is 0.593. The monoisotopic (exact) mass is 280 g/mol. The fraction of sp³-hybridized carbons (Fsp3) is 0.368. The van der Waals surface area contributed by atoms with E-state index in [1.807, 2.05) is 11.3 Å². The zero-order chi connectivity index (χ0) is 13.4. The fourth-order valence-corrected chi connectivity index (χ4v) is 4.82. The Bertz CT molecular complexity index is 620. The van der Waals surface area contributed by atoms with Crippen LogP contribution < -0.4 is 0 Å². The second-order valence-corrected chi connectivity index (χ2v) is 6.84. The number of benzene rings is 1. The molecule has 0 saturated heterocycles. The van der Waals surface area contributed by atoms with Gasteiger partial charge in [0.1, 0.15) is 0 Å². The lowest BCUT2D eigenvalue weighted by atomic mass is 9.71. The van der Waals surface area contributed by atoms with Gasteiger partial charge >= 0.3 is 0 Å². The number of allylic oxidation sites excluding steroid dienone is 1. The molecule has 2 atom stereocenters. The van der Waals surface area contributed by atoms with Gasteiger partial charge in [0.2, 0.25) is 0 Å². The van der Waals surface area contributed by atoms with E-state index in [1.165, 1.54) is 43.2 Å². The van der Waals surface area contributed by atoms with Gasteiger partial charge < -0.3 is 0 Å². The standard InChI is InChI=1S/C19H20S/c1-3-7-14(8-4-1)19-17-10-6-2-5-9-15(17)11-16-12-20-13-18(16)19/h1,3-4,7-8,11-13,17,19H,2,5-6,9-10H2. The topological polar surface area (TPSA) is 0 Å². The lowest BCUT2D eigenvalue weighted by molar-refractivity contribution is 0.490. The van der Waals surface area contributed by atoms with E-state index >= 15 is 0 Å². The number of fused-ring (bicyclic) bond motifs is 2. The minimum Gasteiger partial charge on any atom is -0.151 e. The first kappa shape index (κ1) is 12.4. The molecule has 0 spiro atoms. The molecule has 0 aliphatic heterocycles. The van der Waals surface area contributed by atoms with Crippen LogP contribution in [0.25, 0.3) is 6.08 Å². The Labute approximate surface area is 125 Å². The highest BCUT2D eigenvalue weighted by Crippen LogP contribution is 2.48. The largest absolute Gasteiger partial charge is 0.151 e. The van der Waals surface area contributed by atoms with Gasteiger partial charge in [-0.25, -0.2) is 0 Å². The van der Waals surface area contributed by atoms with Crippen molar-refractivity contribution in [2.45, 2.75) is 38.0 Å². The Balaban J connectivity index is 1.85. The first-order chi connectivity index (χ1) is 9.93. The molecule has 2 aromatic rings. The van der Waals surface area contributed by atoms with E-state index in [-0.39, 0.29) is 0 Å². The van der Waals surface area contributed by atoms with Crippen LogP contribution in [0.4, 0.5) is 0 Å². The Morgan fingerprint density at radius 2 is 1.85 bits per heavy atom. The molecule has 20 heavy (non-hydrogen) atoms. The summed E-state index contributed by atoms with van der Waals surface area (Å²) in [4.78, 5) is 0. The highest BCUT2D eigenvalue weighted by molar-refractivity contribution is 7.08. The first-order valence-corrected chi connectivity index (χ1v) is 8.69. The Kier molecular flexibility index (Phi) is 3.23. The Morgan fingerprint density at radius 1 is 0.950 bits per heavy atom. The van der Waals surface area contributed by atoms with Gasteiger partial charge in [-0.1, -0.05) is 54.8 Å². The van der Waals surface area contributed by atoms with Gasteiger partial charge in [0.05, 0.1) is 0 Å². The van der Waals surface area contributed by atoms with E-state index in [9.17, 15) is 0 Å². The summed E-state index contributed by atoms with van der Waals surface area (Å²) < 4.78 is 0. The number of hydrogen-bond donors (Lipinski definition) is 0. The maximum atomic E-state index is 2.50. The van der Waals surface area contributed by atoms with Gasteiger partial charge in [0.15, 0.2) is 0 Å². The van der Waals surface area contributed by atoms with Gasteiger partial charge in [-0.05, 0) is 52.6 Å². The molecule has 2 unspecified atom stereocenters. The van der Waals surface area contributed by atoms with Crippen molar-refractivity contribution in [3.8, 4) is 0 Å². The van der Waals surface area contributed by atoms with Crippen LogP contribution in [0.1, 0.15) is 54.7 Å². The predicted octanol–water partition coefficient (Wildman–Crippen LogP) is 5.86. The molecule has 1 aromatic heterocycles. The van der Waals surface area contributed by atoms with Crippen molar-refractivity contribution in [1.29, 1.82) is 0 Å². The van der Waals surface area contributed by atoms with E-state index in [4.69, 9.17) is 0 Å². The van der Waals surface area contributed by atoms with Crippen LogP contribution >= 0.6 is 11.3 Å². The van der Waals surface area contributed by atoms with Crippen LogP contribution in [0, 0.1) is 5.92 Å². The van der Waals surface area contributed by atoms with E-state index in [1.54, 1.807) is 11.1 Å². The SMILES string of the molecule is C1=C2CCCCCC2C(c2ccccc2)c2cscc21. The van der Waals surface area contributed by atoms with E-state index in [0.717, 1.165) is 5.92 Å². The molecule has 2 aliphatic carbocycles. The average Bonchev–Trinajstić information content (AvgIpc) is 2.82. The molecule has 4 rings (SSSR count). The molecule has 0 bridgehead atoms. The molecule has 0 nitrogen and oxygen atoms in total. The molecule has 1 heterocycles. The second kappa shape index (κ2) is 5.21. The Hall–Kier alpha value is -1.34. The third kappa shape index (κ3) is 2.05. The molecule has 1 fully saturated rings. The van der Waals surface area contributed by atoms with Crippen LogP contribution in [0.3, 0.4) is 0 Å². The lowest BCUT2D eigenvalue weighted by Gasteiger charge is -2.32. The quantitative estimate of drug-likeness (QED) is 0.614. The average molecular weight is 280 g/mol. The molecule has 2 aliphatic rings. The Morgan fingerprint density at radius 3 is 2.75 bits per heavy atom. The summed E-state index contributed by atoms with van der Waals surface area (Å²) in [6.45, 7) is 0. The normalized spacial score (nSPS) is 25.3. The maximum Gasteiger partial charge on any atom is 0.0169 e. The smallest absolute Gasteiger partial charge is 0.0169 e. The summed E-state index contributed by atoms with van der Waals surface area (Å²) in [7, 11) is 0. The summed E-state index contributed by atoms with van der Waals surface area (Å²) in [6, 6.07) is 11.1. The van der Waals surface area contributed by atoms with Crippen LogP contribution in [-0.2, 0) is 0 Å². The fourth-order valence-electron chi connectivity index (χ4n) is 3.98. The van der Waals surface area contributed by atoms with Crippen LogP contribution in [0.2, 0.25) is 0 Å². The zero-order valence-electron chi connectivity index (χ0n) is 11.7. The van der Waals surface area contributed by atoms with Crippen molar-refractivity contribution in [2.75, 3.05) is 0 Å². The molecule has 0 amide bonds. The van der Waals surface area contributed by atoms with E-state index in [2.05, 4.69) is 47.2 Å².